The molecule has 19 heavy (non-hydrogen) atoms. The number of aliphatic hydroxyl groups excluding tert-OH is 1. The van der Waals surface area contributed by atoms with E-state index in [1.165, 1.54) is 13.4 Å². The number of ether oxygens (including phenoxy) is 2. The van der Waals surface area contributed by atoms with E-state index in [2.05, 4.69) is 9.97 Å². The fraction of sp³-hybridized carbons (Fsp3) is 0.167. The maximum absolute atomic E-state index is 9.06. The van der Waals surface area contributed by atoms with Crippen LogP contribution in [0.5, 0.6) is 17.4 Å². The number of hydrogen-bond acceptors (Lipinski definition) is 6. The van der Waals surface area contributed by atoms with Gasteiger partial charge in [0, 0.05) is 0 Å². The molecular weight excluding hydrogens is 270 g/mol. The number of hydrogen-bond donors (Lipinski definition) is 2. The molecule has 0 unspecified atom stereocenters. The summed E-state index contributed by atoms with van der Waals surface area (Å²) in [6.45, 7) is -0.0855. The van der Waals surface area contributed by atoms with Crippen LogP contribution < -0.4 is 15.2 Å². The molecule has 0 fully saturated rings. The van der Waals surface area contributed by atoms with Crippen molar-refractivity contribution in [2.75, 3.05) is 12.8 Å². The lowest BCUT2D eigenvalue weighted by atomic mass is 10.2. The minimum Gasteiger partial charge on any atom is -0.493 e. The number of nitrogens with two attached hydrogens (primary N) is 1. The Morgan fingerprint density at radius 3 is 2.79 bits per heavy atom. The highest BCUT2D eigenvalue weighted by molar-refractivity contribution is 6.34. The Kier molecular flexibility index (Phi) is 4.03. The molecule has 1 aromatic heterocycles. The zero-order chi connectivity index (χ0) is 13.8. The van der Waals surface area contributed by atoms with Crippen molar-refractivity contribution in [3.8, 4) is 17.4 Å². The third kappa shape index (κ3) is 2.86. The second-order valence-electron chi connectivity index (χ2n) is 3.62. The Bertz CT molecular complexity index is 592. The molecule has 0 amide bonds. The van der Waals surface area contributed by atoms with Crippen molar-refractivity contribution in [1.82, 2.24) is 9.97 Å². The summed E-state index contributed by atoms with van der Waals surface area (Å²) in [6, 6.07) is 5.02. The average Bonchev–Trinajstić information content (AvgIpc) is 2.44. The zero-order valence-electron chi connectivity index (χ0n) is 10.1. The van der Waals surface area contributed by atoms with Gasteiger partial charge in [0.15, 0.2) is 11.5 Å². The molecule has 100 valence electrons. The van der Waals surface area contributed by atoms with Gasteiger partial charge in [0.1, 0.15) is 17.2 Å². The second kappa shape index (κ2) is 5.73. The number of aromatic nitrogens is 2. The molecule has 0 aliphatic rings. The molecule has 0 saturated heterocycles. The molecule has 0 bridgehead atoms. The minimum atomic E-state index is -0.0855. The molecule has 1 heterocycles. The van der Waals surface area contributed by atoms with Gasteiger partial charge in [-0.25, -0.2) is 4.98 Å². The van der Waals surface area contributed by atoms with E-state index in [0.717, 1.165) is 0 Å². The summed E-state index contributed by atoms with van der Waals surface area (Å²) in [5.74, 6) is 1.15. The van der Waals surface area contributed by atoms with Crippen LogP contribution in [0.4, 0.5) is 5.82 Å². The molecule has 0 radical (unpaired) electrons. The second-order valence-corrected chi connectivity index (χ2v) is 4.00. The third-order valence-corrected chi connectivity index (χ3v) is 2.76. The van der Waals surface area contributed by atoms with Crippen LogP contribution in [0.1, 0.15) is 5.56 Å². The molecule has 7 heteroatoms. The van der Waals surface area contributed by atoms with Gasteiger partial charge in [-0.3, -0.25) is 0 Å². The summed E-state index contributed by atoms with van der Waals surface area (Å²) in [5, 5.41) is 9.20. The Morgan fingerprint density at radius 1 is 1.32 bits per heavy atom. The van der Waals surface area contributed by atoms with Gasteiger partial charge in [0.2, 0.25) is 5.88 Å². The van der Waals surface area contributed by atoms with Gasteiger partial charge in [-0.2, -0.15) is 4.98 Å². The molecule has 3 N–H and O–H groups in total. The third-order valence-electron chi connectivity index (χ3n) is 2.40. The Labute approximate surface area is 114 Å². The van der Waals surface area contributed by atoms with E-state index >= 15 is 0 Å². The highest BCUT2D eigenvalue weighted by Gasteiger charge is 2.12. The van der Waals surface area contributed by atoms with Crippen LogP contribution in [-0.2, 0) is 6.61 Å². The van der Waals surface area contributed by atoms with Gasteiger partial charge >= 0.3 is 0 Å². The first-order chi connectivity index (χ1) is 9.15. The zero-order valence-corrected chi connectivity index (χ0v) is 10.9. The molecule has 0 spiro atoms. The summed E-state index contributed by atoms with van der Waals surface area (Å²) in [6.07, 6.45) is 1.26. The Balaban J connectivity index is 2.35. The highest BCUT2D eigenvalue weighted by Crippen LogP contribution is 2.35. The molecule has 2 aromatic rings. The maximum atomic E-state index is 9.06. The van der Waals surface area contributed by atoms with E-state index in [-0.39, 0.29) is 23.3 Å². The molecule has 0 aliphatic carbocycles. The van der Waals surface area contributed by atoms with E-state index in [0.29, 0.717) is 17.1 Å². The molecule has 0 atom stereocenters. The number of nitrogens with zero attached hydrogens (tertiary/aromatic N) is 2. The van der Waals surface area contributed by atoms with Gasteiger partial charge in [-0.15, -0.1) is 0 Å². The van der Waals surface area contributed by atoms with Crippen molar-refractivity contribution >= 4 is 17.4 Å². The SMILES string of the molecule is COc1cc(CO)ccc1Oc1ncnc(N)c1Cl. The lowest BCUT2D eigenvalue weighted by Crippen LogP contribution is -1.98. The number of benzene rings is 1. The van der Waals surface area contributed by atoms with Crippen LogP contribution in [-0.4, -0.2) is 22.2 Å². The minimum absolute atomic E-state index is 0.0855. The van der Waals surface area contributed by atoms with Gasteiger partial charge in [-0.05, 0) is 17.7 Å². The molecule has 0 aliphatic heterocycles. The van der Waals surface area contributed by atoms with Crippen molar-refractivity contribution in [2.45, 2.75) is 6.61 Å². The summed E-state index contributed by atoms with van der Waals surface area (Å²) in [7, 11) is 1.50. The number of methoxy groups -OCH3 is 1. The largest absolute Gasteiger partial charge is 0.493 e. The van der Waals surface area contributed by atoms with Crippen LogP contribution in [0.15, 0.2) is 24.5 Å². The quantitative estimate of drug-likeness (QED) is 0.891. The first kappa shape index (κ1) is 13.4. The van der Waals surface area contributed by atoms with E-state index in [9.17, 15) is 0 Å². The fourth-order valence-corrected chi connectivity index (χ4v) is 1.57. The number of rotatable bonds is 4. The number of anilines is 1. The summed E-state index contributed by atoms with van der Waals surface area (Å²) in [4.78, 5) is 7.64. The van der Waals surface area contributed by atoms with E-state index in [4.69, 9.17) is 31.9 Å². The monoisotopic (exact) mass is 281 g/mol. The fourth-order valence-electron chi connectivity index (χ4n) is 1.44. The highest BCUT2D eigenvalue weighted by atomic mass is 35.5. The van der Waals surface area contributed by atoms with Crippen LogP contribution in [0.25, 0.3) is 0 Å². The Hall–Kier alpha value is -2.05. The van der Waals surface area contributed by atoms with Crippen molar-refractivity contribution in [2.24, 2.45) is 0 Å². The number of halogens is 1. The van der Waals surface area contributed by atoms with E-state index in [1.807, 2.05) is 0 Å². The summed E-state index contributed by atoms with van der Waals surface area (Å²) >= 11 is 5.94. The molecule has 1 aromatic carbocycles. The van der Waals surface area contributed by atoms with Crippen LogP contribution in [0.3, 0.4) is 0 Å². The molecule has 0 saturated carbocycles. The van der Waals surface area contributed by atoms with Crippen LogP contribution in [0.2, 0.25) is 5.02 Å². The van der Waals surface area contributed by atoms with Crippen molar-refractivity contribution in [1.29, 1.82) is 0 Å². The predicted octanol–water partition coefficient (Wildman–Crippen LogP) is 2.01. The van der Waals surface area contributed by atoms with Crippen LogP contribution >= 0.6 is 11.6 Å². The molecule has 6 nitrogen and oxygen atoms in total. The van der Waals surface area contributed by atoms with Crippen molar-refractivity contribution in [3.63, 3.8) is 0 Å². The number of aliphatic hydroxyl groups is 1. The van der Waals surface area contributed by atoms with Gasteiger partial charge in [-0.1, -0.05) is 17.7 Å². The summed E-state index contributed by atoms with van der Waals surface area (Å²) < 4.78 is 10.7. The lowest BCUT2D eigenvalue weighted by molar-refractivity contribution is 0.280. The molecule has 2 rings (SSSR count). The standard InChI is InChI=1S/C12H12ClN3O3/c1-18-9-4-7(5-17)2-3-8(9)19-12-10(13)11(14)15-6-16-12/h2-4,6,17H,5H2,1H3,(H2,14,15,16). The Morgan fingerprint density at radius 2 is 2.11 bits per heavy atom. The van der Waals surface area contributed by atoms with Crippen molar-refractivity contribution in [3.05, 3.63) is 35.1 Å². The first-order valence-corrected chi connectivity index (χ1v) is 5.75. The summed E-state index contributed by atoms with van der Waals surface area (Å²) in [5.41, 5.74) is 6.27. The normalized spacial score (nSPS) is 10.3. The van der Waals surface area contributed by atoms with E-state index < -0.39 is 0 Å². The maximum Gasteiger partial charge on any atom is 0.243 e. The number of nitrogen functional groups attached to an aromatic ring is 1. The molecular formula is C12H12ClN3O3. The van der Waals surface area contributed by atoms with Gasteiger partial charge in [0.05, 0.1) is 13.7 Å². The van der Waals surface area contributed by atoms with Gasteiger partial charge < -0.3 is 20.3 Å². The van der Waals surface area contributed by atoms with Crippen LogP contribution in [0, 0.1) is 0 Å². The first-order valence-electron chi connectivity index (χ1n) is 5.37. The van der Waals surface area contributed by atoms with E-state index in [1.54, 1.807) is 18.2 Å². The topological polar surface area (TPSA) is 90.5 Å². The predicted molar refractivity (Wildman–Crippen MR) is 70.4 cm³/mol. The smallest absolute Gasteiger partial charge is 0.243 e. The van der Waals surface area contributed by atoms with Gasteiger partial charge in [0.25, 0.3) is 0 Å². The van der Waals surface area contributed by atoms with Crippen molar-refractivity contribution < 1.29 is 14.6 Å². The average molecular weight is 282 g/mol. The lowest BCUT2D eigenvalue weighted by Gasteiger charge is -2.11.